The van der Waals surface area contributed by atoms with Gasteiger partial charge in [-0.15, -0.1) is 0 Å². The highest BCUT2D eigenvalue weighted by Gasteiger charge is 2.35. The molecule has 1 saturated heterocycles. The van der Waals surface area contributed by atoms with Crippen LogP contribution in [0.15, 0.2) is 23.1 Å². The molecule has 2 rings (SSSR count). The zero-order valence-corrected chi connectivity index (χ0v) is 13.4. The number of carbonyl (C=O) groups is 1. The molecule has 1 aromatic carbocycles. The first-order valence-electron chi connectivity index (χ1n) is 6.01. The number of halogens is 2. The Hall–Kier alpha value is -0.860. The fourth-order valence-corrected chi connectivity index (χ4v) is 4.10. The van der Waals surface area contributed by atoms with Gasteiger partial charge in [0.2, 0.25) is 10.0 Å². The van der Waals surface area contributed by atoms with Crippen LogP contribution in [0, 0.1) is 0 Å². The minimum absolute atomic E-state index is 0.0414. The second-order valence-electron chi connectivity index (χ2n) is 4.30. The topological polar surface area (TPSA) is 72.9 Å². The molecule has 1 aliphatic rings. The van der Waals surface area contributed by atoms with E-state index in [0.29, 0.717) is 0 Å². The highest BCUT2D eigenvalue weighted by molar-refractivity contribution is 7.89. The van der Waals surface area contributed by atoms with Gasteiger partial charge in [-0.3, -0.25) is 0 Å². The Morgan fingerprint density at radius 1 is 1.43 bits per heavy atom. The van der Waals surface area contributed by atoms with Gasteiger partial charge in [0.1, 0.15) is 4.90 Å². The summed E-state index contributed by atoms with van der Waals surface area (Å²) in [6.45, 7) is 0.0910. The summed E-state index contributed by atoms with van der Waals surface area (Å²) in [5, 5.41) is 0.107. The van der Waals surface area contributed by atoms with Gasteiger partial charge in [-0.1, -0.05) is 29.3 Å². The van der Waals surface area contributed by atoms with Crippen molar-refractivity contribution in [1.29, 1.82) is 0 Å². The molecule has 0 bridgehead atoms. The van der Waals surface area contributed by atoms with E-state index in [0.717, 1.165) is 4.31 Å². The lowest BCUT2D eigenvalue weighted by atomic mass is 10.3. The molecule has 1 aromatic rings. The zero-order chi connectivity index (χ0) is 15.6. The van der Waals surface area contributed by atoms with Gasteiger partial charge in [-0.05, 0) is 12.1 Å². The quantitative estimate of drug-likeness (QED) is 0.771. The van der Waals surface area contributed by atoms with E-state index in [1.807, 2.05) is 0 Å². The molecule has 9 heteroatoms. The van der Waals surface area contributed by atoms with Gasteiger partial charge in [0.25, 0.3) is 0 Å². The third-order valence-electron chi connectivity index (χ3n) is 3.03. The van der Waals surface area contributed by atoms with Gasteiger partial charge >= 0.3 is 5.97 Å². The van der Waals surface area contributed by atoms with Crippen LogP contribution in [0.1, 0.15) is 0 Å². The van der Waals surface area contributed by atoms with Crippen molar-refractivity contribution < 1.29 is 22.7 Å². The Bertz CT molecular complexity index is 649. The number of nitrogens with zero attached hydrogens (tertiary/aromatic N) is 1. The first-order valence-corrected chi connectivity index (χ1v) is 8.21. The van der Waals surface area contributed by atoms with Crippen LogP contribution in [-0.4, -0.2) is 51.6 Å². The Morgan fingerprint density at radius 3 is 2.81 bits per heavy atom. The van der Waals surface area contributed by atoms with Crippen LogP contribution in [0.5, 0.6) is 0 Å². The molecule has 1 fully saturated rings. The van der Waals surface area contributed by atoms with Crippen molar-refractivity contribution in [1.82, 2.24) is 4.31 Å². The molecule has 0 aromatic heterocycles. The van der Waals surface area contributed by atoms with Crippen molar-refractivity contribution in [3.8, 4) is 0 Å². The third kappa shape index (κ3) is 3.32. The number of carbonyl (C=O) groups excluding carboxylic acids is 1. The maximum absolute atomic E-state index is 12.6. The number of hydrogen-bond donors (Lipinski definition) is 0. The van der Waals surface area contributed by atoms with Crippen LogP contribution in [0.25, 0.3) is 0 Å². The van der Waals surface area contributed by atoms with Crippen molar-refractivity contribution in [2.75, 3.05) is 26.8 Å². The molecule has 116 valence electrons. The summed E-state index contributed by atoms with van der Waals surface area (Å²) in [6.07, 6.45) is -0.948. The van der Waals surface area contributed by atoms with Crippen LogP contribution in [-0.2, 0) is 24.3 Å². The van der Waals surface area contributed by atoms with Crippen LogP contribution in [0.3, 0.4) is 0 Å². The molecule has 1 aliphatic heterocycles. The summed E-state index contributed by atoms with van der Waals surface area (Å²) in [5.41, 5.74) is 0. The van der Waals surface area contributed by atoms with Gasteiger partial charge < -0.3 is 9.47 Å². The van der Waals surface area contributed by atoms with Gasteiger partial charge in [0, 0.05) is 6.54 Å². The molecule has 0 saturated carbocycles. The smallest absolute Gasteiger partial charge is 0.336 e. The first kappa shape index (κ1) is 16.5. The molecule has 0 amide bonds. The molecule has 0 radical (unpaired) electrons. The van der Waals surface area contributed by atoms with E-state index in [1.54, 1.807) is 0 Å². The molecule has 1 atom stereocenters. The monoisotopic (exact) mass is 353 g/mol. The van der Waals surface area contributed by atoms with Gasteiger partial charge in [-0.2, -0.15) is 4.31 Å². The summed E-state index contributed by atoms with van der Waals surface area (Å²) in [4.78, 5) is 11.4. The number of morpholine rings is 1. The molecule has 0 spiro atoms. The van der Waals surface area contributed by atoms with Gasteiger partial charge in [0.15, 0.2) is 6.10 Å². The van der Waals surface area contributed by atoms with Crippen molar-refractivity contribution in [2.45, 2.75) is 11.0 Å². The molecular formula is C12H13Cl2NO5S. The number of benzene rings is 1. The number of esters is 1. The molecule has 6 nitrogen and oxygen atoms in total. The maximum Gasteiger partial charge on any atom is 0.336 e. The molecule has 1 unspecified atom stereocenters. The zero-order valence-electron chi connectivity index (χ0n) is 11.1. The summed E-state index contributed by atoms with van der Waals surface area (Å²) in [7, 11) is -2.65. The van der Waals surface area contributed by atoms with E-state index in [-0.39, 0.29) is 34.6 Å². The Morgan fingerprint density at radius 2 is 2.14 bits per heavy atom. The fraction of sp³-hybridized carbons (Fsp3) is 0.417. The summed E-state index contributed by atoms with van der Waals surface area (Å²) < 4.78 is 36.1. The maximum atomic E-state index is 12.6. The van der Waals surface area contributed by atoms with Gasteiger partial charge in [0.05, 0.1) is 30.3 Å². The predicted octanol–water partition coefficient (Wildman–Crippen LogP) is 1.56. The van der Waals surface area contributed by atoms with Crippen molar-refractivity contribution >= 4 is 39.2 Å². The molecular weight excluding hydrogens is 341 g/mol. The lowest BCUT2D eigenvalue weighted by Crippen LogP contribution is -2.48. The Balaban J connectivity index is 2.31. The number of hydrogen-bond acceptors (Lipinski definition) is 5. The highest BCUT2D eigenvalue weighted by Crippen LogP contribution is 2.31. The SMILES string of the molecule is COC(=O)C1CN(S(=O)(=O)c2cccc(Cl)c2Cl)CCO1. The summed E-state index contributed by atoms with van der Waals surface area (Å²) >= 11 is 11.8. The van der Waals surface area contributed by atoms with Crippen molar-refractivity contribution in [2.24, 2.45) is 0 Å². The van der Waals surface area contributed by atoms with Crippen molar-refractivity contribution in [3.05, 3.63) is 28.2 Å². The van der Waals surface area contributed by atoms with E-state index < -0.39 is 22.1 Å². The van der Waals surface area contributed by atoms with Gasteiger partial charge in [-0.25, -0.2) is 13.2 Å². The fourth-order valence-electron chi connectivity index (χ4n) is 1.94. The van der Waals surface area contributed by atoms with E-state index >= 15 is 0 Å². The average molecular weight is 354 g/mol. The van der Waals surface area contributed by atoms with Crippen LogP contribution in [0.4, 0.5) is 0 Å². The normalized spacial score (nSPS) is 20.2. The second-order valence-corrected chi connectivity index (χ2v) is 6.99. The van der Waals surface area contributed by atoms with E-state index in [1.165, 1.54) is 25.3 Å². The molecule has 0 N–H and O–H groups in total. The van der Waals surface area contributed by atoms with E-state index in [9.17, 15) is 13.2 Å². The lowest BCUT2D eigenvalue weighted by molar-refractivity contribution is -0.157. The van der Waals surface area contributed by atoms with Crippen LogP contribution < -0.4 is 0 Å². The van der Waals surface area contributed by atoms with Crippen molar-refractivity contribution in [3.63, 3.8) is 0 Å². The van der Waals surface area contributed by atoms with E-state index in [4.69, 9.17) is 27.9 Å². The van der Waals surface area contributed by atoms with Crippen LogP contribution in [0.2, 0.25) is 10.0 Å². The second kappa shape index (κ2) is 6.50. The standard InChI is InChI=1S/C12H13Cl2NO5S/c1-19-12(16)9-7-15(5-6-20-9)21(17,18)10-4-2-3-8(13)11(10)14/h2-4,9H,5-7H2,1H3. The van der Waals surface area contributed by atoms with Crippen LogP contribution >= 0.6 is 23.2 Å². The Labute approximate surface area is 132 Å². The minimum atomic E-state index is -3.86. The number of sulfonamides is 1. The number of ether oxygens (including phenoxy) is 2. The molecule has 0 aliphatic carbocycles. The summed E-state index contributed by atoms with van der Waals surface area (Å²) in [5.74, 6) is -0.618. The minimum Gasteiger partial charge on any atom is -0.467 e. The third-order valence-corrected chi connectivity index (χ3v) is 5.87. The Kier molecular flexibility index (Phi) is 5.11. The van der Waals surface area contributed by atoms with E-state index in [2.05, 4.69) is 4.74 Å². The largest absolute Gasteiger partial charge is 0.467 e. The average Bonchev–Trinajstić information content (AvgIpc) is 2.49. The summed E-state index contributed by atoms with van der Waals surface area (Å²) in [6, 6.07) is 4.37. The number of methoxy groups -OCH3 is 1. The molecule has 21 heavy (non-hydrogen) atoms. The highest BCUT2D eigenvalue weighted by atomic mass is 35.5. The molecule has 1 heterocycles. The first-order chi connectivity index (χ1) is 9.87. The number of rotatable bonds is 3. The lowest BCUT2D eigenvalue weighted by Gasteiger charge is -2.30. The predicted molar refractivity (Wildman–Crippen MR) is 77.0 cm³/mol.